The van der Waals surface area contributed by atoms with Crippen molar-refractivity contribution in [3.05, 3.63) is 24.0 Å². The summed E-state index contributed by atoms with van der Waals surface area (Å²) in [6.45, 7) is 1.97. The Balaban J connectivity index is 2.63. The van der Waals surface area contributed by atoms with Crippen molar-refractivity contribution in [2.75, 3.05) is 6.54 Å². The van der Waals surface area contributed by atoms with Gasteiger partial charge in [0.2, 0.25) is 5.91 Å². The number of carbonyl (C=O) groups excluding carboxylic acids is 1. The number of hydrogen-bond acceptors (Lipinski definition) is 2. The van der Waals surface area contributed by atoms with Crippen molar-refractivity contribution in [3.63, 3.8) is 0 Å². The highest BCUT2D eigenvalue weighted by Crippen LogP contribution is 2.10. The molecule has 13 heavy (non-hydrogen) atoms. The lowest BCUT2D eigenvalue weighted by molar-refractivity contribution is -0.120. The van der Waals surface area contributed by atoms with Crippen molar-refractivity contribution in [1.82, 2.24) is 9.88 Å². The summed E-state index contributed by atoms with van der Waals surface area (Å²) in [5.41, 5.74) is 6.26. The Morgan fingerprint density at radius 1 is 1.77 bits per heavy atom. The van der Waals surface area contributed by atoms with Crippen molar-refractivity contribution in [2.45, 2.75) is 13.0 Å². The summed E-state index contributed by atoms with van der Waals surface area (Å²) < 4.78 is 1.97. The number of nitrogens with one attached hydrogen (secondary N) is 1. The normalized spacial score (nSPS) is 12.5. The van der Waals surface area contributed by atoms with Crippen LogP contribution in [0.25, 0.3) is 0 Å². The van der Waals surface area contributed by atoms with E-state index in [0.717, 1.165) is 5.69 Å². The van der Waals surface area contributed by atoms with E-state index < -0.39 is 0 Å². The third-order valence-corrected chi connectivity index (χ3v) is 1.99. The summed E-state index contributed by atoms with van der Waals surface area (Å²) in [7, 11) is 1.94. The highest BCUT2D eigenvalue weighted by Gasteiger charge is 2.09. The second-order valence-corrected chi connectivity index (χ2v) is 3.04. The Bertz CT molecular complexity index is 293. The van der Waals surface area contributed by atoms with E-state index in [0.29, 0.717) is 0 Å². The molecule has 72 valence electrons. The number of hydrogen-bond donors (Lipinski definition) is 2. The zero-order valence-corrected chi connectivity index (χ0v) is 7.95. The van der Waals surface area contributed by atoms with E-state index in [1.165, 1.54) is 0 Å². The van der Waals surface area contributed by atoms with Crippen molar-refractivity contribution >= 4 is 5.91 Å². The first-order valence-corrected chi connectivity index (χ1v) is 4.25. The third kappa shape index (κ3) is 2.32. The number of nitrogens with two attached hydrogens (primary N) is 1. The van der Waals surface area contributed by atoms with E-state index in [1.807, 2.05) is 36.9 Å². The largest absolute Gasteiger partial charge is 0.353 e. The maximum absolute atomic E-state index is 11.0. The van der Waals surface area contributed by atoms with Gasteiger partial charge in [-0.15, -0.1) is 0 Å². The van der Waals surface area contributed by atoms with Gasteiger partial charge in [0.05, 0.1) is 12.6 Å². The monoisotopic (exact) mass is 181 g/mol. The predicted molar refractivity (Wildman–Crippen MR) is 51.0 cm³/mol. The van der Waals surface area contributed by atoms with Crippen LogP contribution in [0.3, 0.4) is 0 Å². The van der Waals surface area contributed by atoms with Crippen molar-refractivity contribution < 1.29 is 4.79 Å². The van der Waals surface area contributed by atoms with Crippen LogP contribution in [0.4, 0.5) is 0 Å². The second-order valence-electron chi connectivity index (χ2n) is 3.04. The van der Waals surface area contributed by atoms with Crippen LogP contribution in [0.5, 0.6) is 0 Å². The molecule has 0 fully saturated rings. The van der Waals surface area contributed by atoms with Gasteiger partial charge in [-0.05, 0) is 19.1 Å². The molecule has 4 nitrogen and oxygen atoms in total. The lowest BCUT2D eigenvalue weighted by Crippen LogP contribution is -2.33. The molecule has 0 aromatic carbocycles. The van der Waals surface area contributed by atoms with E-state index in [1.54, 1.807) is 0 Å². The second kappa shape index (κ2) is 4.09. The Hall–Kier alpha value is -1.29. The van der Waals surface area contributed by atoms with E-state index in [4.69, 9.17) is 5.73 Å². The van der Waals surface area contributed by atoms with Crippen molar-refractivity contribution in [2.24, 2.45) is 12.8 Å². The third-order valence-electron chi connectivity index (χ3n) is 1.99. The highest BCUT2D eigenvalue weighted by atomic mass is 16.1. The molecule has 3 N–H and O–H groups in total. The minimum Gasteiger partial charge on any atom is -0.353 e. The number of nitrogens with zero attached hydrogens (tertiary/aromatic N) is 1. The molecule has 1 heterocycles. The fourth-order valence-electron chi connectivity index (χ4n) is 1.30. The van der Waals surface area contributed by atoms with Crippen LogP contribution in [0.15, 0.2) is 18.3 Å². The molecule has 1 aromatic rings. The zero-order valence-electron chi connectivity index (χ0n) is 7.95. The summed E-state index contributed by atoms with van der Waals surface area (Å²) in [5.74, 6) is -0.131. The van der Waals surface area contributed by atoms with Gasteiger partial charge in [0.1, 0.15) is 0 Å². The molecule has 1 aromatic heterocycles. The van der Waals surface area contributed by atoms with Crippen LogP contribution in [-0.4, -0.2) is 17.0 Å². The summed E-state index contributed by atoms with van der Waals surface area (Å²) in [5, 5.41) is 2.79. The summed E-state index contributed by atoms with van der Waals surface area (Å²) in [4.78, 5) is 11.0. The Morgan fingerprint density at radius 2 is 2.46 bits per heavy atom. The summed E-state index contributed by atoms with van der Waals surface area (Å²) >= 11 is 0. The van der Waals surface area contributed by atoms with Crippen molar-refractivity contribution in [1.29, 1.82) is 0 Å². The Labute approximate surface area is 77.7 Å². The van der Waals surface area contributed by atoms with Gasteiger partial charge in [-0.1, -0.05) is 0 Å². The first kappa shape index (κ1) is 9.80. The van der Waals surface area contributed by atoms with Crippen LogP contribution in [0.1, 0.15) is 18.7 Å². The maximum Gasteiger partial charge on any atom is 0.234 e. The van der Waals surface area contributed by atoms with Gasteiger partial charge in [-0.2, -0.15) is 0 Å². The number of aryl methyl sites for hydroxylation is 1. The first-order chi connectivity index (χ1) is 6.15. The van der Waals surface area contributed by atoms with E-state index in [2.05, 4.69) is 5.32 Å². The average Bonchev–Trinajstić information content (AvgIpc) is 2.51. The molecule has 0 spiro atoms. The fraction of sp³-hybridized carbons (Fsp3) is 0.444. The molecule has 0 aliphatic carbocycles. The first-order valence-electron chi connectivity index (χ1n) is 4.25. The van der Waals surface area contributed by atoms with E-state index in [-0.39, 0.29) is 18.5 Å². The molecule has 0 aliphatic heterocycles. The average molecular weight is 181 g/mol. The Morgan fingerprint density at radius 3 is 2.92 bits per heavy atom. The number of carbonyl (C=O) groups is 1. The molecule has 1 amide bonds. The zero-order chi connectivity index (χ0) is 9.84. The minimum absolute atomic E-state index is 0.0102. The van der Waals surface area contributed by atoms with Crippen LogP contribution >= 0.6 is 0 Å². The Kier molecular flexibility index (Phi) is 3.08. The van der Waals surface area contributed by atoms with Crippen LogP contribution in [0, 0.1) is 0 Å². The van der Waals surface area contributed by atoms with Gasteiger partial charge in [-0.25, -0.2) is 0 Å². The van der Waals surface area contributed by atoms with Gasteiger partial charge in [0.25, 0.3) is 0 Å². The molecular weight excluding hydrogens is 166 g/mol. The lowest BCUT2D eigenvalue weighted by Gasteiger charge is -2.14. The summed E-state index contributed by atoms with van der Waals surface area (Å²) in [6.07, 6.45) is 1.94. The fourth-order valence-corrected chi connectivity index (χ4v) is 1.30. The van der Waals surface area contributed by atoms with Gasteiger partial charge in [-0.3, -0.25) is 4.79 Å². The molecule has 1 unspecified atom stereocenters. The number of aromatic nitrogens is 1. The number of rotatable bonds is 3. The highest BCUT2D eigenvalue weighted by molar-refractivity contribution is 5.78. The van der Waals surface area contributed by atoms with E-state index >= 15 is 0 Å². The molecular formula is C9H15N3O. The molecule has 0 bridgehead atoms. The summed E-state index contributed by atoms with van der Waals surface area (Å²) in [6, 6.07) is 3.93. The maximum atomic E-state index is 11.0. The molecule has 0 saturated carbocycles. The van der Waals surface area contributed by atoms with Gasteiger partial charge < -0.3 is 15.6 Å². The minimum atomic E-state index is -0.131. The predicted octanol–water partition coefficient (Wildman–Crippen LogP) is 0.161. The SMILES string of the molecule is CC(NC(=O)CN)c1cccn1C. The van der Waals surface area contributed by atoms with E-state index in [9.17, 15) is 4.79 Å². The smallest absolute Gasteiger partial charge is 0.234 e. The molecule has 1 atom stereocenters. The molecule has 4 heteroatoms. The lowest BCUT2D eigenvalue weighted by atomic mass is 10.2. The standard InChI is InChI=1S/C9H15N3O/c1-7(11-9(13)6-10)8-4-3-5-12(8)2/h3-5,7H,6,10H2,1-2H3,(H,11,13). The van der Waals surface area contributed by atoms with Crippen LogP contribution in [-0.2, 0) is 11.8 Å². The number of amides is 1. The molecule has 0 saturated heterocycles. The molecule has 0 radical (unpaired) electrons. The van der Waals surface area contributed by atoms with Crippen LogP contribution < -0.4 is 11.1 Å². The molecule has 1 rings (SSSR count). The van der Waals surface area contributed by atoms with Gasteiger partial charge >= 0.3 is 0 Å². The quantitative estimate of drug-likeness (QED) is 0.698. The molecule has 0 aliphatic rings. The topological polar surface area (TPSA) is 60.1 Å². The van der Waals surface area contributed by atoms with Gasteiger partial charge in [0.15, 0.2) is 0 Å². The van der Waals surface area contributed by atoms with Crippen molar-refractivity contribution in [3.8, 4) is 0 Å². The van der Waals surface area contributed by atoms with Gasteiger partial charge in [0, 0.05) is 18.9 Å². The van der Waals surface area contributed by atoms with Crippen LogP contribution in [0.2, 0.25) is 0 Å².